The molecule has 0 heterocycles. The molecule has 0 saturated carbocycles. The minimum atomic E-state index is -0.542. The van der Waals surface area contributed by atoms with E-state index < -0.39 is 5.91 Å². The molecular formula is C10H18ArFNO. The monoisotopic (exact) mass is 227 g/mol. The third-order valence-electron chi connectivity index (χ3n) is 1.92. The Bertz CT molecular complexity index is 174. The van der Waals surface area contributed by atoms with Crippen LogP contribution < -0.4 is 5.54 Å². The number of carbonyl (C=O) groups excluding carboxylic acids is 1. The van der Waals surface area contributed by atoms with Gasteiger partial charge in [0.25, 0.3) is 5.91 Å². The zero-order chi connectivity index (χ0) is 10.1. The molecule has 0 unspecified atom stereocenters. The fraction of sp³-hybridized carbons (Fsp3) is 0.700. The fourth-order valence-electron chi connectivity index (χ4n) is 0.940. The zero-order valence-electron chi connectivity index (χ0n) is 8.70. The molecule has 0 aromatic carbocycles. The number of hydrogen-bond acceptors (Lipinski definition) is 1. The summed E-state index contributed by atoms with van der Waals surface area (Å²) in [6, 6.07) is 0. The molecule has 0 fully saturated rings. The Morgan fingerprint density at radius 1 is 1.50 bits per heavy atom. The second-order valence-electron chi connectivity index (χ2n) is 3.21. The van der Waals surface area contributed by atoms with Gasteiger partial charge in [-0.05, 0) is 12.8 Å². The first-order valence-corrected chi connectivity index (χ1v) is 4.77. The van der Waals surface area contributed by atoms with E-state index in [-0.39, 0.29) is 43.7 Å². The van der Waals surface area contributed by atoms with Gasteiger partial charge in [0.15, 0.2) is 0 Å². The van der Waals surface area contributed by atoms with Crippen molar-refractivity contribution in [2.75, 3.05) is 0 Å². The van der Waals surface area contributed by atoms with Crippen molar-refractivity contribution in [1.82, 2.24) is 5.54 Å². The van der Waals surface area contributed by atoms with E-state index in [4.69, 9.17) is 0 Å². The first-order valence-electron chi connectivity index (χ1n) is 4.77. The predicted octanol–water partition coefficient (Wildman–Crippen LogP) is 2.76. The Hall–Kier alpha value is 0.400. The van der Waals surface area contributed by atoms with Crippen LogP contribution >= 0.6 is 0 Å². The van der Waals surface area contributed by atoms with E-state index >= 15 is 0 Å². The summed E-state index contributed by atoms with van der Waals surface area (Å²) in [5.74, 6) is -0.817. The number of hydrogen-bond donors (Lipinski definition) is 1. The van der Waals surface area contributed by atoms with Crippen LogP contribution in [0.2, 0.25) is 0 Å². The van der Waals surface area contributed by atoms with Crippen LogP contribution in [0.25, 0.3) is 0 Å². The summed E-state index contributed by atoms with van der Waals surface area (Å²) in [4.78, 5) is 10.7. The summed E-state index contributed by atoms with van der Waals surface area (Å²) in [6.45, 7) is 3.84. The maximum Gasteiger partial charge on any atom is 0.250 e. The van der Waals surface area contributed by atoms with E-state index in [2.05, 4.69) is 6.92 Å². The molecule has 0 rings (SSSR count). The van der Waals surface area contributed by atoms with E-state index in [1.165, 1.54) is 12.8 Å². The molecule has 1 N–H and O–H groups in total. The molecule has 0 aliphatic heterocycles. The summed E-state index contributed by atoms with van der Waals surface area (Å²) in [5.41, 5.74) is 1.14. The van der Waals surface area contributed by atoms with Gasteiger partial charge in [-0.3, -0.25) is 4.79 Å². The van der Waals surface area contributed by atoms with Gasteiger partial charge in [-0.1, -0.05) is 38.8 Å². The molecule has 0 saturated heterocycles. The predicted molar refractivity (Wildman–Crippen MR) is 51.7 cm³/mol. The van der Waals surface area contributed by atoms with Crippen molar-refractivity contribution in [2.24, 2.45) is 5.92 Å². The maximum absolute atomic E-state index is 11.6. The Morgan fingerprint density at radius 3 is 2.64 bits per heavy atom. The smallest absolute Gasteiger partial charge is 0.250 e. The fourth-order valence-corrected chi connectivity index (χ4v) is 0.940. The molecular weight excluding hydrogens is 209 g/mol. The van der Waals surface area contributed by atoms with E-state index in [9.17, 15) is 9.28 Å². The molecule has 0 aliphatic carbocycles. The molecule has 84 valence electrons. The molecule has 0 aromatic heterocycles. The second-order valence-corrected chi connectivity index (χ2v) is 3.21. The summed E-state index contributed by atoms with van der Waals surface area (Å²) in [6.07, 6.45) is 7.98. The van der Waals surface area contributed by atoms with E-state index in [0.29, 0.717) is 6.42 Å². The van der Waals surface area contributed by atoms with Crippen LogP contribution in [-0.2, 0) is 4.79 Å². The second kappa shape index (κ2) is 11.5. The van der Waals surface area contributed by atoms with Gasteiger partial charge in [0, 0.05) is 43.7 Å². The first kappa shape index (κ1) is 16.8. The van der Waals surface area contributed by atoms with Crippen molar-refractivity contribution >= 4 is 5.91 Å². The number of nitrogens with one attached hydrogen (secondary N) is 1. The number of carbonyl (C=O) groups is 1. The Kier molecular flexibility index (Phi) is 13.8. The van der Waals surface area contributed by atoms with Crippen LogP contribution in [0.5, 0.6) is 0 Å². The third-order valence-corrected chi connectivity index (χ3v) is 1.92. The van der Waals surface area contributed by atoms with Crippen LogP contribution in [0.15, 0.2) is 12.2 Å². The van der Waals surface area contributed by atoms with Gasteiger partial charge < -0.3 is 0 Å². The van der Waals surface area contributed by atoms with Gasteiger partial charge in [0.05, 0.1) is 0 Å². The maximum atomic E-state index is 11.6. The van der Waals surface area contributed by atoms with E-state index in [0.717, 1.165) is 12.0 Å². The Balaban J connectivity index is 0. The van der Waals surface area contributed by atoms with Gasteiger partial charge in [0.1, 0.15) is 0 Å². The molecule has 0 aliphatic rings. The first-order chi connectivity index (χ1) is 6.22. The average Bonchev–Trinajstić information content (AvgIpc) is 2.16. The summed E-state index contributed by atoms with van der Waals surface area (Å²) in [5, 5.41) is 0. The summed E-state index contributed by atoms with van der Waals surface area (Å²) < 4.78 is 11.6. The van der Waals surface area contributed by atoms with Gasteiger partial charge in [-0.2, -0.15) is 5.54 Å². The molecule has 0 spiro atoms. The van der Waals surface area contributed by atoms with Gasteiger partial charge in [-0.15, -0.1) is 4.48 Å². The van der Waals surface area contributed by atoms with Crippen LogP contribution in [-0.4, -0.2) is 5.91 Å². The standard InChI is InChI=1S/C10H18FNO.Ar/c1-3-4-5-6-7-8-9(2)10(13)12-11;/h6-7,9H,3-5,8H2,1-2H3,(H,12,13);/b7-6+;/t9-;/m0./s1. The molecule has 1 atom stereocenters. The number of amides is 1. The van der Waals surface area contributed by atoms with Gasteiger partial charge >= 0.3 is 0 Å². The zero-order valence-corrected chi connectivity index (χ0v) is 9.41. The Labute approximate surface area is 115 Å². The largest absolute Gasteiger partial charge is 0.272 e. The van der Waals surface area contributed by atoms with Crippen LogP contribution in [0.3, 0.4) is 0 Å². The normalized spacial score (nSPS) is 12.2. The van der Waals surface area contributed by atoms with E-state index in [1.54, 1.807) is 6.92 Å². The number of rotatable bonds is 6. The summed E-state index contributed by atoms with van der Waals surface area (Å²) in [7, 11) is 0. The van der Waals surface area contributed by atoms with Crippen LogP contribution in [0.4, 0.5) is 4.48 Å². The van der Waals surface area contributed by atoms with Crippen molar-refractivity contribution in [3.8, 4) is 0 Å². The van der Waals surface area contributed by atoms with Crippen molar-refractivity contribution in [2.45, 2.75) is 39.5 Å². The van der Waals surface area contributed by atoms with Crippen molar-refractivity contribution in [3.05, 3.63) is 12.2 Å². The molecule has 0 radical (unpaired) electrons. The van der Waals surface area contributed by atoms with Crippen molar-refractivity contribution in [1.29, 1.82) is 0 Å². The topological polar surface area (TPSA) is 29.1 Å². The number of unbranched alkanes of at least 4 members (excludes halogenated alkanes) is 2. The minimum absolute atomic E-state index is 0. The van der Waals surface area contributed by atoms with E-state index in [1.807, 2.05) is 12.2 Å². The van der Waals surface area contributed by atoms with Gasteiger partial charge in [-0.25, -0.2) is 0 Å². The number of halogens is 1. The molecule has 1 amide bonds. The third kappa shape index (κ3) is 8.97. The Morgan fingerprint density at radius 2 is 2.14 bits per heavy atom. The molecule has 0 bridgehead atoms. The number of allylic oxidation sites excluding steroid dienone is 2. The quantitative estimate of drug-likeness (QED) is 0.422. The average molecular weight is 227 g/mol. The van der Waals surface area contributed by atoms with Crippen molar-refractivity contribution < 1.29 is 47.0 Å². The van der Waals surface area contributed by atoms with Crippen LogP contribution in [0.1, 0.15) is 39.5 Å². The van der Waals surface area contributed by atoms with Crippen LogP contribution in [0, 0.1) is 43.7 Å². The van der Waals surface area contributed by atoms with Crippen molar-refractivity contribution in [3.63, 3.8) is 0 Å². The minimum Gasteiger partial charge on any atom is -0.272 e. The molecule has 2 nitrogen and oxygen atoms in total. The molecule has 0 aromatic rings. The van der Waals surface area contributed by atoms with Gasteiger partial charge in [0.2, 0.25) is 0 Å². The molecule has 14 heavy (non-hydrogen) atoms. The SMILES string of the molecule is CCCC/C=C/C[C@H](C)C(=O)NF.[Ar]. The summed E-state index contributed by atoms with van der Waals surface area (Å²) >= 11 is 0. The molecule has 4 heteroatoms.